The molecule has 2 N–H and O–H groups in total. The van der Waals surface area contributed by atoms with Crippen LogP contribution in [-0.4, -0.2) is 16.1 Å². The molecule has 2 aromatic rings. The van der Waals surface area contributed by atoms with E-state index in [9.17, 15) is 4.79 Å². The Morgan fingerprint density at radius 2 is 2.00 bits per heavy atom. The van der Waals surface area contributed by atoms with E-state index in [4.69, 9.17) is 5.11 Å². The van der Waals surface area contributed by atoms with Gasteiger partial charge in [0.15, 0.2) is 0 Å². The second kappa shape index (κ2) is 4.33. The Bertz CT molecular complexity index is 614. The number of nitrogens with one attached hydrogen (secondary N) is 1. The lowest BCUT2D eigenvalue weighted by atomic mass is 10.0. The maximum absolute atomic E-state index is 10.9. The minimum atomic E-state index is -0.790. The van der Waals surface area contributed by atoms with Crippen LogP contribution in [0, 0.1) is 24.3 Å². The SMILES string of the molecule is Cc1[nH]c2c(C)c(C)c(I)cc2c1CC(=O)O. The van der Waals surface area contributed by atoms with Gasteiger partial charge in [-0.2, -0.15) is 0 Å². The molecule has 0 fully saturated rings. The molecule has 2 rings (SSSR count). The number of hydrogen-bond acceptors (Lipinski definition) is 1. The van der Waals surface area contributed by atoms with Crippen molar-refractivity contribution in [3.8, 4) is 0 Å². The molecule has 0 unspecified atom stereocenters. The minimum absolute atomic E-state index is 0.0738. The Morgan fingerprint density at radius 3 is 2.59 bits per heavy atom. The van der Waals surface area contributed by atoms with E-state index in [2.05, 4.69) is 47.5 Å². The zero-order valence-corrected chi connectivity index (χ0v) is 12.2. The van der Waals surface area contributed by atoms with Crippen molar-refractivity contribution >= 4 is 39.5 Å². The van der Waals surface area contributed by atoms with Gasteiger partial charge in [-0.05, 0) is 66.1 Å². The number of carboxylic acids is 1. The molecule has 4 heteroatoms. The van der Waals surface area contributed by atoms with E-state index in [1.807, 2.05) is 6.92 Å². The predicted molar refractivity (Wildman–Crippen MR) is 76.6 cm³/mol. The largest absolute Gasteiger partial charge is 0.481 e. The second-order valence-corrected chi connectivity index (χ2v) is 5.49. The van der Waals surface area contributed by atoms with E-state index in [1.54, 1.807) is 0 Å². The maximum atomic E-state index is 10.9. The summed E-state index contributed by atoms with van der Waals surface area (Å²) in [6.07, 6.45) is 0.0738. The lowest BCUT2D eigenvalue weighted by Crippen LogP contribution is -2.00. The number of H-pyrrole nitrogens is 1. The number of aliphatic carboxylic acids is 1. The molecule has 3 nitrogen and oxygen atoms in total. The topological polar surface area (TPSA) is 53.1 Å². The van der Waals surface area contributed by atoms with Gasteiger partial charge in [-0.15, -0.1) is 0 Å². The zero-order chi connectivity index (χ0) is 12.7. The molecule has 0 radical (unpaired) electrons. The highest BCUT2D eigenvalue weighted by atomic mass is 127. The Labute approximate surface area is 113 Å². The second-order valence-electron chi connectivity index (χ2n) is 4.33. The van der Waals surface area contributed by atoms with Crippen molar-refractivity contribution in [2.24, 2.45) is 0 Å². The van der Waals surface area contributed by atoms with Gasteiger partial charge in [0.2, 0.25) is 0 Å². The van der Waals surface area contributed by atoms with Crippen LogP contribution in [0.3, 0.4) is 0 Å². The quantitative estimate of drug-likeness (QED) is 0.822. The number of aromatic amines is 1. The lowest BCUT2D eigenvalue weighted by Gasteiger charge is -2.05. The van der Waals surface area contributed by atoms with Gasteiger partial charge in [0.05, 0.1) is 6.42 Å². The number of halogens is 1. The first-order valence-corrected chi connectivity index (χ1v) is 6.48. The van der Waals surface area contributed by atoms with Crippen LogP contribution in [0.4, 0.5) is 0 Å². The fraction of sp³-hybridized carbons (Fsp3) is 0.308. The summed E-state index contributed by atoms with van der Waals surface area (Å²) in [6, 6.07) is 2.07. The Morgan fingerprint density at radius 1 is 1.35 bits per heavy atom. The number of hydrogen-bond donors (Lipinski definition) is 2. The van der Waals surface area contributed by atoms with Crippen LogP contribution in [0.25, 0.3) is 10.9 Å². The molecule has 0 spiro atoms. The smallest absolute Gasteiger partial charge is 0.307 e. The molecule has 1 heterocycles. The summed E-state index contributed by atoms with van der Waals surface area (Å²) in [7, 11) is 0. The zero-order valence-electron chi connectivity index (χ0n) is 10.0. The summed E-state index contributed by atoms with van der Waals surface area (Å²) in [5.74, 6) is -0.790. The minimum Gasteiger partial charge on any atom is -0.481 e. The predicted octanol–water partition coefficient (Wildman–Crippen LogP) is 3.32. The number of carbonyl (C=O) groups is 1. The van der Waals surface area contributed by atoms with Gasteiger partial charge >= 0.3 is 5.97 Å². The van der Waals surface area contributed by atoms with Gasteiger partial charge in [-0.3, -0.25) is 4.79 Å². The molecule has 90 valence electrons. The molecule has 0 bridgehead atoms. The highest BCUT2D eigenvalue weighted by molar-refractivity contribution is 14.1. The Hall–Kier alpha value is -1.04. The highest BCUT2D eigenvalue weighted by Gasteiger charge is 2.15. The van der Waals surface area contributed by atoms with E-state index >= 15 is 0 Å². The van der Waals surface area contributed by atoms with Gasteiger partial charge in [0.1, 0.15) is 0 Å². The third-order valence-corrected chi connectivity index (χ3v) is 4.37. The first-order chi connectivity index (χ1) is 7.91. The molecule has 1 aromatic heterocycles. The summed E-state index contributed by atoms with van der Waals surface area (Å²) in [4.78, 5) is 14.2. The monoisotopic (exact) mass is 343 g/mol. The van der Waals surface area contributed by atoms with Gasteiger partial charge in [0.25, 0.3) is 0 Å². The number of benzene rings is 1. The molecule has 0 aliphatic heterocycles. The average molecular weight is 343 g/mol. The molecule has 0 saturated heterocycles. The van der Waals surface area contributed by atoms with E-state index < -0.39 is 5.97 Å². The van der Waals surface area contributed by atoms with E-state index in [1.165, 1.54) is 14.7 Å². The standard InChI is InChI=1S/C13H14INO2/c1-6-7(2)13-10(4-11(6)14)9(5-12(16)17)8(3)15-13/h4,15H,5H2,1-3H3,(H,16,17). The third kappa shape index (κ3) is 2.06. The molecular formula is C13H14INO2. The maximum Gasteiger partial charge on any atom is 0.307 e. The first-order valence-electron chi connectivity index (χ1n) is 5.40. The van der Waals surface area contributed by atoms with Crippen molar-refractivity contribution in [2.45, 2.75) is 27.2 Å². The molecule has 0 atom stereocenters. The van der Waals surface area contributed by atoms with Crippen molar-refractivity contribution in [1.29, 1.82) is 0 Å². The van der Waals surface area contributed by atoms with Crippen LogP contribution in [0.5, 0.6) is 0 Å². The fourth-order valence-corrected chi connectivity index (χ4v) is 2.83. The first kappa shape index (κ1) is 12.4. The number of aryl methyl sites for hydroxylation is 2. The molecular weight excluding hydrogens is 329 g/mol. The number of aromatic nitrogens is 1. The molecule has 0 saturated carbocycles. The van der Waals surface area contributed by atoms with Crippen molar-refractivity contribution in [3.63, 3.8) is 0 Å². The van der Waals surface area contributed by atoms with E-state index in [-0.39, 0.29) is 6.42 Å². The molecule has 0 amide bonds. The highest BCUT2D eigenvalue weighted by Crippen LogP contribution is 2.30. The fourth-order valence-electron chi connectivity index (χ4n) is 2.12. The number of fused-ring (bicyclic) bond motifs is 1. The van der Waals surface area contributed by atoms with Gasteiger partial charge in [-0.25, -0.2) is 0 Å². The van der Waals surface area contributed by atoms with Crippen molar-refractivity contribution in [3.05, 3.63) is 32.0 Å². The van der Waals surface area contributed by atoms with E-state index in [0.717, 1.165) is 22.2 Å². The Balaban J connectivity index is 2.78. The molecule has 0 aliphatic carbocycles. The third-order valence-electron chi connectivity index (χ3n) is 3.25. The van der Waals surface area contributed by atoms with Crippen LogP contribution in [-0.2, 0) is 11.2 Å². The lowest BCUT2D eigenvalue weighted by molar-refractivity contribution is -0.136. The van der Waals surface area contributed by atoms with Crippen LogP contribution in [0.15, 0.2) is 6.07 Å². The average Bonchev–Trinajstić information content (AvgIpc) is 2.53. The van der Waals surface area contributed by atoms with E-state index in [0.29, 0.717) is 0 Å². The number of carboxylic acid groups (broad SMARTS) is 1. The molecule has 17 heavy (non-hydrogen) atoms. The van der Waals surface area contributed by atoms with Crippen LogP contribution >= 0.6 is 22.6 Å². The Kier molecular flexibility index (Phi) is 3.16. The summed E-state index contributed by atoms with van der Waals surface area (Å²) < 4.78 is 1.18. The van der Waals surface area contributed by atoms with Crippen molar-refractivity contribution in [1.82, 2.24) is 4.98 Å². The van der Waals surface area contributed by atoms with Crippen LogP contribution in [0.1, 0.15) is 22.4 Å². The summed E-state index contributed by atoms with van der Waals surface area (Å²) in [5, 5.41) is 9.99. The van der Waals surface area contributed by atoms with Crippen LogP contribution < -0.4 is 0 Å². The van der Waals surface area contributed by atoms with Gasteiger partial charge in [-0.1, -0.05) is 0 Å². The number of rotatable bonds is 2. The van der Waals surface area contributed by atoms with Crippen molar-refractivity contribution in [2.75, 3.05) is 0 Å². The van der Waals surface area contributed by atoms with Crippen molar-refractivity contribution < 1.29 is 9.90 Å². The summed E-state index contributed by atoms with van der Waals surface area (Å²) >= 11 is 2.30. The molecule has 0 aliphatic rings. The van der Waals surface area contributed by atoms with Gasteiger partial charge in [0, 0.05) is 20.2 Å². The normalized spacial score (nSPS) is 11.1. The van der Waals surface area contributed by atoms with Crippen LogP contribution in [0.2, 0.25) is 0 Å². The van der Waals surface area contributed by atoms with Gasteiger partial charge < -0.3 is 10.1 Å². The summed E-state index contributed by atoms with van der Waals surface area (Å²) in [5.41, 5.74) is 5.37. The summed E-state index contributed by atoms with van der Waals surface area (Å²) in [6.45, 7) is 6.09. The molecule has 1 aromatic carbocycles.